The van der Waals surface area contributed by atoms with Crippen LogP contribution < -0.4 is 17.2 Å². The number of anilines is 1. The van der Waals surface area contributed by atoms with Gasteiger partial charge < -0.3 is 40.9 Å². The SMILES string of the molecule is [2H]C([2H])(OP(=O)(O)OP(=O)(O)OP(=O)(O)O)[C@H]1O[C@@H](n2cnc(N)nc2=O)C(N)(C#CCF)[C@H]1O. The fraction of sp³-hybridized carbons (Fsp3) is 0.545. The summed E-state index contributed by atoms with van der Waals surface area (Å²) in [5, 5.41) is 10.6. The lowest BCUT2D eigenvalue weighted by Gasteiger charge is -2.27. The number of phosphoric ester groups is 1. The van der Waals surface area contributed by atoms with Crippen molar-refractivity contribution in [2.24, 2.45) is 5.73 Å². The van der Waals surface area contributed by atoms with Crippen molar-refractivity contribution in [2.75, 3.05) is 19.0 Å². The Bertz CT molecular complexity index is 1240. The van der Waals surface area contributed by atoms with E-state index >= 15 is 0 Å². The standard InChI is InChI=1S/C11H17FN5O13P3/c12-3-1-2-11(14)7(18)6(28-8(11)17-5-15-9(13)16-10(17)19)4-27-32(23,24)30-33(25,26)29-31(20,21)22/h5-8,18H,3-4,14H2,(H,23,24)(H,25,26)(H2,13,16,19)(H2,20,21,22)/t6-,7+,8-,11?/m1/s1/i4D2. The van der Waals surface area contributed by atoms with Crippen molar-refractivity contribution in [2.45, 2.75) is 24.0 Å². The highest BCUT2D eigenvalue weighted by Gasteiger charge is 2.55. The molecule has 18 nitrogen and oxygen atoms in total. The van der Waals surface area contributed by atoms with Gasteiger partial charge in [-0.05, 0) is 0 Å². The van der Waals surface area contributed by atoms with Gasteiger partial charge in [0.2, 0.25) is 5.95 Å². The summed E-state index contributed by atoms with van der Waals surface area (Å²) in [6.07, 6.45) is -6.07. The molecule has 9 N–H and O–H groups in total. The van der Waals surface area contributed by atoms with Crippen molar-refractivity contribution in [1.29, 1.82) is 0 Å². The number of ether oxygens (including phenoxy) is 1. The number of nitrogens with zero attached hydrogens (tertiary/aromatic N) is 3. The van der Waals surface area contributed by atoms with Crippen molar-refractivity contribution >= 4 is 29.4 Å². The smallest absolute Gasteiger partial charge is 0.387 e. The Morgan fingerprint density at radius 1 is 1.30 bits per heavy atom. The molecule has 0 saturated carbocycles. The van der Waals surface area contributed by atoms with Crippen LogP contribution in [0, 0.1) is 11.8 Å². The molecule has 0 amide bonds. The summed E-state index contributed by atoms with van der Waals surface area (Å²) in [5.41, 5.74) is 7.52. The van der Waals surface area contributed by atoms with Crippen LogP contribution in [0.5, 0.6) is 0 Å². The highest BCUT2D eigenvalue weighted by atomic mass is 31.3. The maximum Gasteiger partial charge on any atom is 0.490 e. The molecule has 1 aromatic heterocycles. The molecular formula is C11H17FN5O13P3. The Hall–Kier alpha value is -1.61. The minimum absolute atomic E-state index is 0.480. The molecule has 1 aliphatic heterocycles. The summed E-state index contributed by atoms with van der Waals surface area (Å²) in [5.74, 6) is 3.38. The topological polar surface area (TPSA) is 289 Å². The number of rotatable bonds is 8. The van der Waals surface area contributed by atoms with Crippen LogP contribution in [0.4, 0.5) is 10.3 Å². The quantitative estimate of drug-likeness (QED) is 0.132. The predicted octanol–water partition coefficient (Wildman–Crippen LogP) is -2.51. The van der Waals surface area contributed by atoms with Gasteiger partial charge in [0.05, 0.1) is 9.30 Å². The Kier molecular flexibility index (Phi) is 7.38. The van der Waals surface area contributed by atoms with Gasteiger partial charge >= 0.3 is 29.2 Å². The van der Waals surface area contributed by atoms with Crippen LogP contribution in [0.2, 0.25) is 0 Å². The molecule has 0 radical (unpaired) electrons. The average molecular weight is 541 g/mol. The van der Waals surface area contributed by atoms with E-state index in [-0.39, 0.29) is 0 Å². The summed E-state index contributed by atoms with van der Waals surface area (Å²) in [4.78, 5) is 54.8. The molecule has 2 rings (SSSR count). The summed E-state index contributed by atoms with van der Waals surface area (Å²) in [6.45, 7) is -4.99. The fourth-order valence-electron chi connectivity index (χ4n) is 2.36. The second kappa shape index (κ2) is 9.94. The molecule has 0 aromatic carbocycles. The summed E-state index contributed by atoms with van der Waals surface area (Å²) >= 11 is 0. The highest BCUT2D eigenvalue weighted by Crippen LogP contribution is 2.66. The molecular weight excluding hydrogens is 522 g/mol. The van der Waals surface area contributed by atoms with Crippen LogP contribution in [0.1, 0.15) is 8.97 Å². The number of aliphatic hydroxyl groups excluding tert-OH is 1. The highest BCUT2D eigenvalue weighted by molar-refractivity contribution is 7.66. The maximum atomic E-state index is 12.7. The van der Waals surface area contributed by atoms with Crippen molar-refractivity contribution < 1.29 is 63.4 Å². The number of nitrogen functional groups attached to an aromatic ring is 1. The number of hydrogen-bond donors (Lipinski definition) is 7. The molecule has 1 saturated heterocycles. The van der Waals surface area contributed by atoms with E-state index in [1.165, 1.54) is 0 Å². The average Bonchev–Trinajstić information content (AvgIpc) is 2.88. The van der Waals surface area contributed by atoms with E-state index in [1.54, 1.807) is 0 Å². The molecule has 3 unspecified atom stereocenters. The second-order valence-electron chi connectivity index (χ2n) is 5.93. The van der Waals surface area contributed by atoms with Gasteiger partial charge in [-0.2, -0.15) is 13.6 Å². The van der Waals surface area contributed by atoms with Crippen LogP contribution in [0.25, 0.3) is 0 Å². The first kappa shape index (κ1) is 24.5. The van der Waals surface area contributed by atoms with Crippen LogP contribution in [0.15, 0.2) is 11.1 Å². The lowest BCUT2D eigenvalue weighted by Crippen LogP contribution is -2.55. The third-order valence-electron chi connectivity index (χ3n) is 3.53. The number of hydrogen-bond acceptors (Lipinski definition) is 13. The maximum absolute atomic E-state index is 12.7. The van der Waals surface area contributed by atoms with Crippen molar-refractivity contribution in [1.82, 2.24) is 14.5 Å². The number of aliphatic hydroxyl groups is 1. The number of nitrogens with two attached hydrogens (primary N) is 2. The predicted molar refractivity (Wildman–Crippen MR) is 101 cm³/mol. The van der Waals surface area contributed by atoms with Gasteiger partial charge in [0.15, 0.2) is 11.8 Å². The van der Waals surface area contributed by atoms with Crippen molar-refractivity contribution in [3.05, 3.63) is 16.8 Å². The van der Waals surface area contributed by atoms with E-state index in [2.05, 4.69) is 23.1 Å². The molecule has 22 heteroatoms. The van der Waals surface area contributed by atoms with Gasteiger partial charge in [0.1, 0.15) is 25.2 Å². The number of alkyl halides is 1. The number of phosphoric acid groups is 3. The Balaban J connectivity index is 2.43. The zero-order chi connectivity index (χ0) is 27.0. The zero-order valence-electron chi connectivity index (χ0n) is 17.7. The van der Waals surface area contributed by atoms with E-state index < -0.39 is 72.3 Å². The van der Waals surface area contributed by atoms with Crippen LogP contribution >= 0.6 is 23.5 Å². The van der Waals surface area contributed by atoms with Gasteiger partial charge in [-0.3, -0.25) is 9.09 Å². The summed E-state index contributed by atoms with van der Waals surface area (Å²) < 4.78 is 79.3. The van der Waals surface area contributed by atoms with Gasteiger partial charge in [0, 0.05) is 0 Å². The molecule has 0 bridgehead atoms. The molecule has 0 aliphatic carbocycles. The molecule has 186 valence electrons. The van der Waals surface area contributed by atoms with Gasteiger partial charge in [0.25, 0.3) is 0 Å². The Morgan fingerprint density at radius 2 is 1.94 bits per heavy atom. The van der Waals surface area contributed by atoms with Crippen molar-refractivity contribution in [3.8, 4) is 11.8 Å². The van der Waals surface area contributed by atoms with Crippen molar-refractivity contribution in [3.63, 3.8) is 0 Å². The van der Waals surface area contributed by atoms with Gasteiger partial charge in [-0.1, -0.05) is 11.8 Å². The van der Waals surface area contributed by atoms with Crippen LogP contribution in [-0.2, 0) is 31.6 Å². The lowest BCUT2D eigenvalue weighted by molar-refractivity contribution is -0.0471. The molecule has 1 aromatic rings. The minimum Gasteiger partial charge on any atom is -0.387 e. The molecule has 1 fully saturated rings. The first-order valence-corrected chi connectivity index (χ1v) is 12.5. The Morgan fingerprint density at radius 3 is 2.48 bits per heavy atom. The molecule has 1 aliphatic rings. The molecule has 33 heavy (non-hydrogen) atoms. The van der Waals surface area contributed by atoms with Gasteiger partial charge in [-0.15, -0.1) is 0 Å². The Labute approximate surface area is 185 Å². The normalized spacial score (nSPS) is 30.3. The third-order valence-corrected chi connectivity index (χ3v) is 7.19. The summed E-state index contributed by atoms with van der Waals surface area (Å²) in [6, 6.07) is 0. The van der Waals surface area contributed by atoms with Gasteiger partial charge in [-0.25, -0.2) is 27.9 Å². The lowest BCUT2D eigenvalue weighted by atomic mass is 9.91. The van der Waals surface area contributed by atoms with Crippen LogP contribution in [-0.4, -0.2) is 70.2 Å². The van der Waals surface area contributed by atoms with E-state index in [0.717, 1.165) is 0 Å². The second-order valence-corrected chi connectivity index (χ2v) is 10.3. The van der Waals surface area contributed by atoms with E-state index in [4.69, 9.17) is 28.7 Å². The molecule has 0 spiro atoms. The number of aromatic nitrogens is 3. The number of halogens is 1. The molecule has 6 atom stereocenters. The first-order valence-electron chi connectivity index (χ1n) is 8.96. The van der Waals surface area contributed by atoms with E-state index in [9.17, 15) is 37.8 Å². The molecule has 2 heterocycles. The zero-order valence-corrected chi connectivity index (χ0v) is 18.4. The first-order chi connectivity index (χ1) is 15.7. The monoisotopic (exact) mass is 541 g/mol. The van der Waals surface area contributed by atoms with E-state index in [1.807, 2.05) is 11.8 Å². The summed E-state index contributed by atoms with van der Waals surface area (Å²) in [7, 11) is -17.8. The third kappa shape index (κ3) is 7.18. The minimum atomic E-state index is -6.07. The largest absolute Gasteiger partial charge is 0.490 e. The fourth-order valence-corrected chi connectivity index (χ4v) is 5.24. The van der Waals surface area contributed by atoms with Crippen LogP contribution in [0.3, 0.4) is 0 Å². The van der Waals surface area contributed by atoms with E-state index in [0.29, 0.717) is 10.9 Å².